The zero-order chi connectivity index (χ0) is 10.9. The Balaban J connectivity index is 3.21. The lowest BCUT2D eigenvalue weighted by molar-refractivity contribution is 0.0995. The van der Waals surface area contributed by atoms with Gasteiger partial charge in [0.15, 0.2) is 0 Å². The fourth-order valence-corrected chi connectivity index (χ4v) is 1.31. The molecule has 0 unspecified atom stereocenters. The molecule has 0 saturated carbocycles. The summed E-state index contributed by atoms with van der Waals surface area (Å²) in [6.45, 7) is 1.46. The summed E-state index contributed by atoms with van der Waals surface area (Å²) in [5.74, 6) is -1.22. The summed E-state index contributed by atoms with van der Waals surface area (Å²) in [6, 6.07) is 4.05. The largest absolute Gasteiger partial charge is 0.289 e. The van der Waals surface area contributed by atoms with Crippen LogP contribution >= 0.6 is 34.8 Å². The number of benzene rings is 1. The minimum absolute atomic E-state index is 0.0880. The predicted octanol–water partition coefficient (Wildman–Crippen LogP) is 3.69. The van der Waals surface area contributed by atoms with Crippen LogP contribution in [0.3, 0.4) is 0 Å². The number of rotatable bonds is 1. The summed E-state index contributed by atoms with van der Waals surface area (Å²) in [6.07, 6.45) is 0. The van der Waals surface area contributed by atoms with Crippen LogP contribution in [0.5, 0.6) is 0 Å². The Hall–Kier alpha value is -0.310. The zero-order valence-electron chi connectivity index (χ0n) is 7.15. The molecule has 0 aliphatic rings. The van der Waals surface area contributed by atoms with Gasteiger partial charge in [-0.15, -0.1) is 0 Å². The first-order valence-corrected chi connectivity index (χ1v) is 4.84. The first-order valence-electron chi connectivity index (χ1n) is 3.70. The van der Waals surface area contributed by atoms with Gasteiger partial charge in [0.1, 0.15) is 5.82 Å². The molecule has 0 saturated heterocycles. The number of alkyl halides is 3. The van der Waals surface area contributed by atoms with Crippen LogP contribution in [0.25, 0.3) is 0 Å². The predicted molar refractivity (Wildman–Crippen MR) is 55.8 cm³/mol. The minimum atomic E-state index is -2.04. The highest BCUT2D eigenvalue weighted by atomic mass is 35.6. The van der Waals surface area contributed by atoms with Crippen molar-refractivity contribution in [1.29, 1.82) is 0 Å². The summed E-state index contributed by atoms with van der Waals surface area (Å²) in [7, 11) is 0. The lowest BCUT2D eigenvalue weighted by Gasteiger charge is -2.11. The van der Waals surface area contributed by atoms with Crippen LogP contribution in [0.1, 0.15) is 15.9 Å². The van der Waals surface area contributed by atoms with E-state index >= 15 is 0 Å². The quantitative estimate of drug-likeness (QED) is 0.552. The van der Waals surface area contributed by atoms with Crippen LogP contribution in [0.15, 0.2) is 18.2 Å². The lowest BCUT2D eigenvalue weighted by atomic mass is 10.1. The molecule has 0 N–H and O–H groups in total. The van der Waals surface area contributed by atoms with Gasteiger partial charge in [0.05, 0.1) is 0 Å². The van der Waals surface area contributed by atoms with Crippen molar-refractivity contribution in [2.24, 2.45) is 0 Å². The molecule has 0 aliphatic carbocycles. The molecule has 0 fully saturated rings. The van der Waals surface area contributed by atoms with Crippen molar-refractivity contribution in [2.75, 3.05) is 0 Å². The standard InChI is InChI=1S/C9H6Cl3FO/c1-5-6(3-2-4-7(5)13)8(14)9(10,11)12/h2-4H,1H3. The molecule has 0 radical (unpaired) electrons. The molecule has 5 heteroatoms. The van der Waals surface area contributed by atoms with Gasteiger partial charge in [-0.1, -0.05) is 46.9 Å². The molecular formula is C9H6Cl3FO. The maximum Gasteiger partial charge on any atom is 0.253 e. The summed E-state index contributed by atoms with van der Waals surface area (Å²) < 4.78 is 11.0. The third kappa shape index (κ3) is 2.38. The van der Waals surface area contributed by atoms with Crippen molar-refractivity contribution in [3.05, 3.63) is 35.1 Å². The molecule has 0 amide bonds. The van der Waals surface area contributed by atoms with E-state index in [1.165, 1.54) is 25.1 Å². The maximum absolute atomic E-state index is 13.0. The van der Waals surface area contributed by atoms with E-state index in [1.54, 1.807) is 0 Å². The van der Waals surface area contributed by atoms with Crippen LogP contribution in [0, 0.1) is 12.7 Å². The molecule has 0 atom stereocenters. The number of halogens is 4. The van der Waals surface area contributed by atoms with Gasteiger partial charge in [-0.05, 0) is 18.6 Å². The fourth-order valence-electron chi connectivity index (χ4n) is 1.01. The van der Waals surface area contributed by atoms with Gasteiger partial charge < -0.3 is 0 Å². The van der Waals surface area contributed by atoms with Crippen LogP contribution in [0.2, 0.25) is 0 Å². The number of carbonyl (C=O) groups excluding carboxylic acids is 1. The number of ketones is 1. The van der Waals surface area contributed by atoms with E-state index < -0.39 is 15.4 Å². The monoisotopic (exact) mass is 254 g/mol. The second-order valence-corrected chi connectivity index (χ2v) is 5.02. The molecule has 0 aliphatic heterocycles. The highest BCUT2D eigenvalue weighted by molar-refractivity contribution is 6.77. The molecule has 76 valence electrons. The minimum Gasteiger partial charge on any atom is -0.289 e. The van der Waals surface area contributed by atoms with E-state index in [0.29, 0.717) is 0 Å². The van der Waals surface area contributed by atoms with Crippen LogP contribution < -0.4 is 0 Å². The Labute approximate surface area is 95.8 Å². The molecule has 14 heavy (non-hydrogen) atoms. The molecule has 0 aromatic heterocycles. The molecular weight excluding hydrogens is 249 g/mol. The van der Waals surface area contributed by atoms with Gasteiger partial charge >= 0.3 is 0 Å². The highest BCUT2D eigenvalue weighted by Gasteiger charge is 2.32. The van der Waals surface area contributed by atoms with Gasteiger partial charge in [-0.2, -0.15) is 0 Å². The maximum atomic E-state index is 13.0. The van der Waals surface area contributed by atoms with E-state index in [9.17, 15) is 9.18 Å². The molecule has 1 aromatic rings. The third-order valence-electron chi connectivity index (χ3n) is 1.77. The number of carbonyl (C=O) groups is 1. The topological polar surface area (TPSA) is 17.1 Å². The first-order chi connectivity index (χ1) is 6.34. The summed E-state index contributed by atoms with van der Waals surface area (Å²) in [4.78, 5) is 11.5. The van der Waals surface area contributed by atoms with Crippen molar-refractivity contribution in [1.82, 2.24) is 0 Å². The van der Waals surface area contributed by atoms with Gasteiger partial charge in [-0.25, -0.2) is 4.39 Å². The van der Waals surface area contributed by atoms with Crippen molar-refractivity contribution >= 4 is 40.6 Å². The van der Waals surface area contributed by atoms with Crippen LogP contribution in [-0.2, 0) is 0 Å². The third-order valence-corrected chi connectivity index (χ3v) is 2.28. The normalized spacial score (nSPS) is 11.5. The van der Waals surface area contributed by atoms with Gasteiger partial charge in [0.2, 0.25) is 5.78 Å². The molecule has 1 rings (SSSR count). The Morgan fingerprint density at radius 3 is 2.43 bits per heavy atom. The van der Waals surface area contributed by atoms with Gasteiger partial charge in [-0.3, -0.25) is 4.79 Å². The van der Waals surface area contributed by atoms with E-state index in [2.05, 4.69) is 0 Å². The average Bonchev–Trinajstić information content (AvgIpc) is 2.07. The summed E-state index contributed by atoms with van der Waals surface area (Å²) in [5.41, 5.74) is 0.272. The SMILES string of the molecule is Cc1c(F)cccc1C(=O)C(Cl)(Cl)Cl. The molecule has 1 nitrogen and oxygen atoms in total. The average molecular weight is 256 g/mol. The number of Topliss-reactive ketones (excluding diaryl/α,β-unsaturated/α-hetero) is 1. The van der Waals surface area contributed by atoms with Crippen molar-refractivity contribution < 1.29 is 9.18 Å². The molecule has 0 spiro atoms. The number of hydrogen-bond acceptors (Lipinski definition) is 1. The molecule has 1 aromatic carbocycles. The molecule has 0 heterocycles. The second kappa shape index (κ2) is 4.05. The van der Waals surface area contributed by atoms with Crippen LogP contribution in [0.4, 0.5) is 4.39 Å². The van der Waals surface area contributed by atoms with Crippen molar-refractivity contribution in [3.63, 3.8) is 0 Å². The summed E-state index contributed by atoms with van der Waals surface area (Å²) in [5, 5.41) is 0. The van der Waals surface area contributed by atoms with E-state index in [0.717, 1.165) is 0 Å². The number of hydrogen-bond donors (Lipinski definition) is 0. The Kier molecular flexibility index (Phi) is 3.40. The second-order valence-electron chi connectivity index (χ2n) is 2.74. The van der Waals surface area contributed by atoms with Gasteiger partial charge in [0, 0.05) is 5.56 Å². The van der Waals surface area contributed by atoms with Crippen molar-refractivity contribution in [2.45, 2.75) is 10.7 Å². The van der Waals surface area contributed by atoms with E-state index in [-0.39, 0.29) is 11.1 Å². The van der Waals surface area contributed by atoms with E-state index in [1.807, 2.05) is 0 Å². The Morgan fingerprint density at radius 1 is 1.36 bits per heavy atom. The van der Waals surface area contributed by atoms with Gasteiger partial charge in [0.25, 0.3) is 3.79 Å². The van der Waals surface area contributed by atoms with Crippen LogP contribution in [-0.4, -0.2) is 9.58 Å². The van der Waals surface area contributed by atoms with E-state index in [4.69, 9.17) is 34.8 Å². The zero-order valence-corrected chi connectivity index (χ0v) is 9.42. The smallest absolute Gasteiger partial charge is 0.253 e. The first kappa shape index (κ1) is 11.8. The van der Waals surface area contributed by atoms with Crippen molar-refractivity contribution in [3.8, 4) is 0 Å². The lowest BCUT2D eigenvalue weighted by Crippen LogP contribution is -2.20. The molecule has 0 bridgehead atoms. The Bertz CT molecular complexity index is 371. The summed E-state index contributed by atoms with van der Waals surface area (Å²) >= 11 is 16.2. The fraction of sp³-hybridized carbons (Fsp3) is 0.222. The highest BCUT2D eigenvalue weighted by Crippen LogP contribution is 2.31. The Morgan fingerprint density at radius 2 is 1.93 bits per heavy atom.